The van der Waals surface area contributed by atoms with E-state index in [1.165, 1.54) is 15.4 Å². The Morgan fingerprint density at radius 1 is 1.14 bits per heavy atom. The van der Waals surface area contributed by atoms with Crippen LogP contribution in [0.25, 0.3) is 0 Å². The van der Waals surface area contributed by atoms with E-state index in [0.717, 1.165) is 24.9 Å². The number of hydrogen-bond donors (Lipinski definition) is 1. The molecule has 4 rings (SSSR count). The Morgan fingerprint density at radius 2 is 1.92 bits per heavy atom. The van der Waals surface area contributed by atoms with Crippen molar-refractivity contribution in [1.29, 1.82) is 0 Å². The third kappa shape index (κ3) is 5.50. The fraction of sp³-hybridized carbons (Fsp3) is 0.444. The minimum atomic E-state index is -0.572. The molecule has 0 unspecified atom stereocenters. The second kappa shape index (κ2) is 11.3. The summed E-state index contributed by atoms with van der Waals surface area (Å²) in [5.41, 5.74) is 3.33. The third-order valence-corrected chi connectivity index (χ3v) is 7.27. The van der Waals surface area contributed by atoms with E-state index < -0.39 is 6.04 Å². The zero-order valence-corrected chi connectivity index (χ0v) is 21.8. The molecule has 1 saturated heterocycles. The molecule has 0 saturated carbocycles. The standard InChI is InChI=1S/C27H33ClN4O4/c1-30(2)26(34)24-15-21(36-3)17-32(24)27(35)29-16-20-12-11-19(14-22(20)28)25(33)31-13-7-6-9-18-8-4-5-10-23(18)31/h4-5,8,10-12,14,21,24H,6-7,9,13,15-17H2,1-3H3,(H,29,35)/t21-,24+/m1/s1. The highest BCUT2D eigenvalue weighted by Crippen LogP contribution is 2.29. The molecule has 0 aromatic heterocycles. The third-order valence-electron chi connectivity index (χ3n) is 6.92. The van der Waals surface area contributed by atoms with Gasteiger partial charge in [-0.05, 0) is 48.6 Å². The number of anilines is 1. The minimum absolute atomic E-state index is 0.0884. The Balaban J connectivity index is 1.44. The van der Waals surface area contributed by atoms with Crippen LogP contribution in [0.1, 0.15) is 40.7 Å². The molecule has 1 N–H and O–H groups in total. The molecule has 36 heavy (non-hydrogen) atoms. The van der Waals surface area contributed by atoms with Crippen LogP contribution >= 0.6 is 11.6 Å². The number of methoxy groups -OCH3 is 1. The van der Waals surface area contributed by atoms with Crippen molar-refractivity contribution in [3.8, 4) is 0 Å². The average Bonchev–Trinajstić information content (AvgIpc) is 3.20. The largest absolute Gasteiger partial charge is 0.380 e. The number of fused-ring (bicyclic) bond motifs is 1. The van der Waals surface area contributed by atoms with Gasteiger partial charge in [0.1, 0.15) is 6.04 Å². The first kappa shape index (κ1) is 26.0. The quantitative estimate of drug-likeness (QED) is 0.662. The normalized spacial score (nSPS) is 19.4. The summed E-state index contributed by atoms with van der Waals surface area (Å²) in [6.45, 7) is 1.18. The predicted octanol–water partition coefficient (Wildman–Crippen LogP) is 3.71. The van der Waals surface area contributed by atoms with Gasteiger partial charge in [0, 0.05) is 63.5 Å². The number of nitrogens with zero attached hydrogens (tertiary/aromatic N) is 3. The topological polar surface area (TPSA) is 82.2 Å². The van der Waals surface area contributed by atoms with Crippen molar-refractivity contribution in [2.24, 2.45) is 0 Å². The second-order valence-corrected chi connectivity index (χ2v) is 9.91. The summed E-state index contributed by atoms with van der Waals surface area (Å²) in [5, 5.41) is 3.27. The molecular formula is C27H33ClN4O4. The lowest BCUT2D eigenvalue weighted by atomic mass is 10.1. The van der Waals surface area contributed by atoms with Crippen LogP contribution in [-0.2, 0) is 22.5 Å². The highest BCUT2D eigenvalue weighted by atomic mass is 35.5. The van der Waals surface area contributed by atoms with Gasteiger partial charge in [0.05, 0.1) is 6.10 Å². The van der Waals surface area contributed by atoms with Gasteiger partial charge in [-0.15, -0.1) is 0 Å². The van der Waals surface area contributed by atoms with Gasteiger partial charge < -0.3 is 24.8 Å². The Labute approximate surface area is 217 Å². The maximum absolute atomic E-state index is 13.4. The zero-order chi connectivity index (χ0) is 25.8. The molecule has 2 aliphatic rings. The van der Waals surface area contributed by atoms with Crippen LogP contribution in [0.3, 0.4) is 0 Å². The highest BCUT2D eigenvalue weighted by Gasteiger charge is 2.40. The molecule has 0 spiro atoms. The predicted molar refractivity (Wildman–Crippen MR) is 139 cm³/mol. The van der Waals surface area contributed by atoms with Crippen LogP contribution in [-0.4, -0.2) is 74.1 Å². The summed E-state index contributed by atoms with van der Waals surface area (Å²) in [6.07, 6.45) is 3.21. The van der Waals surface area contributed by atoms with E-state index in [0.29, 0.717) is 35.7 Å². The lowest BCUT2D eigenvalue weighted by molar-refractivity contribution is -0.132. The number of aryl methyl sites for hydroxylation is 1. The first-order valence-electron chi connectivity index (χ1n) is 12.3. The Bertz CT molecular complexity index is 1140. The number of likely N-dealkylation sites (N-methyl/N-ethyl adjacent to an activating group) is 1. The number of ether oxygens (including phenoxy) is 1. The molecule has 2 aromatic carbocycles. The van der Waals surface area contributed by atoms with Gasteiger partial charge in [0.25, 0.3) is 5.91 Å². The maximum atomic E-state index is 13.4. The van der Waals surface area contributed by atoms with Crippen molar-refractivity contribution in [3.05, 3.63) is 64.2 Å². The number of carbonyl (C=O) groups excluding carboxylic acids is 3. The molecule has 2 aliphatic heterocycles. The SMILES string of the molecule is CO[C@@H]1C[C@@H](C(=O)N(C)C)N(C(=O)NCc2ccc(C(=O)N3CCCCc4ccccc43)cc2Cl)C1. The highest BCUT2D eigenvalue weighted by molar-refractivity contribution is 6.31. The van der Waals surface area contributed by atoms with Gasteiger partial charge in [0.15, 0.2) is 0 Å². The molecule has 8 nitrogen and oxygen atoms in total. The van der Waals surface area contributed by atoms with E-state index in [1.54, 1.807) is 39.4 Å². The van der Waals surface area contributed by atoms with E-state index in [9.17, 15) is 14.4 Å². The van der Waals surface area contributed by atoms with Gasteiger partial charge in [-0.3, -0.25) is 9.59 Å². The lowest BCUT2D eigenvalue weighted by Gasteiger charge is -2.26. The van der Waals surface area contributed by atoms with Gasteiger partial charge in [-0.2, -0.15) is 0 Å². The molecule has 0 radical (unpaired) electrons. The summed E-state index contributed by atoms with van der Waals surface area (Å²) in [7, 11) is 4.92. The van der Waals surface area contributed by atoms with Crippen LogP contribution < -0.4 is 10.2 Å². The smallest absolute Gasteiger partial charge is 0.318 e. The van der Waals surface area contributed by atoms with Crippen LogP contribution in [0.2, 0.25) is 5.02 Å². The molecule has 2 aromatic rings. The van der Waals surface area contributed by atoms with Gasteiger partial charge in [-0.1, -0.05) is 35.9 Å². The molecule has 4 amide bonds. The molecule has 1 fully saturated rings. The number of likely N-dealkylation sites (tertiary alicyclic amines) is 1. The van der Waals surface area contributed by atoms with Gasteiger partial charge in [0.2, 0.25) is 5.91 Å². The van der Waals surface area contributed by atoms with Crippen molar-refractivity contribution < 1.29 is 19.1 Å². The molecular weight excluding hydrogens is 480 g/mol. The van der Waals surface area contributed by atoms with Gasteiger partial charge in [-0.25, -0.2) is 4.79 Å². The number of nitrogens with one attached hydrogen (secondary N) is 1. The summed E-state index contributed by atoms with van der Waals surface area (Å²) in [4.78, 5) is 43.7. The number of amides is 4. The van der Waals surface area contributed by atoms with Gasteiger partial charge >= 0.3 is 6.03 Å². The molecule has 192 valence electrons. The monoisotopic (exact) mass is 512 g/mol. The van der Waals surface area contributed by atoms with E-state index in [2.05, 4.69) is 11.4 Å². The van der Waals surface area contributed by atoms with Crippen molar-refractivity contribution in [1.82, 2.24) is 15.1 Å². The molecule has 0 aliphatic carbocycles. The second-order valence-electron chi connectivity index (χ2n) is 9.50. The number of para-hydroxylation sites is 1. The number of urea groups is 1. The first-order chi connectivity index (χ1) is 17.3. The lowest BCUT2D eigenvalue weighted by Crippen LogP contribution is -2.49. The number of hydrogen-bond acceptors (Lipinski definition) is 4. The summed E-state index contributed by atoms with van der Waals surface area (Å²) in [5.74, 6) is -0.227. The van der Waals surface area contributed by atoms with Crippen LogP contribution in [0.4, 0.5) is 10.5 Å². The summed E-state index contributed by atoms with van der Waals surface area (Å²) < 4.78 is 5.40. The Morgan fingerprint density at radius 3 is 2.64 bits per heavy atom. The van der Waals surface area contributed by atoms with Crippen LogP contribution in [0.15, 0.2) is 42.5 Å². The van der Waals surface area contributed by atoms with Crippen molar-refractivity contribution in [3.63, 3.8) is 0 Å². The maximum Gasteiger partial charge on any atom is 0.318 e. The van der Waals surface area contributed by atoms with Crippen molar-refractivity contribution >= 4 is 35.1 Å². The molecule has 2 atom stereocenters. The van der Waals surface area contributed by atoms with Crippen molar-refractivity contribution in [2.75, 3.05) is 39.2 Å². The zero-order valence-electron chi connectivity index (χ0n) is 21.0. The molecule has 0 bridgehead atoms. The average molecular weight is 513 g/mol. The number of rotatable bonds is 5. The van der Waals surface area contributed by atoms with E-state index in [1.807, 2.05) is 23.1 Å². The van der Waals surface area contributed by atoms with E-state index >= 15 is 0 Å². The summed E-state index contributed by atoms with van der Waals surface area (Å²) in [6, 6.07) is 12.3. The fourth-order valence-corrected chi connectivity index (χ4v) is 5.13. The number of carbonyl (C=O) groups is 3. The fourth-order valence-electron chi connectivity index (χ4n) is 4.88. The van der Waals surface area contributed by atoms with Crippen LogP contribution in [0, 0.1) is 0 Å². The minimum Gasteiger partial charge on any atom is -0.380 e. The Hall–Kier alpha value is -3.10. The number of halogens is 1. The van der Waals surface area contributed by atoms with E-state index in [-0.39, 0.29) is 30.5 Å². The van der Waals surface area contributed by atoms with Crippen molar-refractivity contribution in [2.45, 2.75) is 44.4 Å². The molecule has 2 heterocycles. The van der Waals surface area contributed by atoms with Crippen LogP contribution in [0.5, 0.6) is 0 Å². The van der Waals surface area contributed by atoms with E-state index in [4.69, 9.17) is 16.3 Å². The summed E-state index contributed by atoms with van der Waals surface area (Å²) >= 11 is 6.54. The Kier molecular flexibility index (Phi) is 8.16. The molecule has 9 heteroatoms. The number of benzene rings is 2. The first-order valence-corrected chi connectivity index (χ1v) is 12.6.